The van der Waals surface area contributed by atoms with E-state index in [-0.39, 0.29) is 55.4 Å². The fourth-order valence-corrected chi connectivity index (χ4v) is 7.58. The van der Waals surface area contributed by atoms with Gasteiger partial charge in [0.1, 0.15) is 24.2 Å². The number of ether oxygens (including phenoxy) is 1. The first-order valence-electron chi connectivity index (χ1n) is 20.6. The number of anilines is 2. The molecule has 19 heteroatoms. The number of para-hydroxylation sites is 2. The number of hydrogen-bond donors (Lipinski definition) is 1. The van der Waals surface area contributed by atoms with Gasteiger partial charge >= 0.3 is 15.2 Å². The summed E-state index contributed by atoms with van der Waals surface area (Å²) < 4.78 is 8.63. The minimum Gasteiger partial charge on any atom is -0.508 e. The smallest absolute Gasteiger partial charge is 0.369 e. The van der Waals surface area contributed by atoms with Crippen molar-refractivity contribution in [3.05, 3.63) is 134 Å². The minimum atomic E-state index is -0.0861. The number of benzene rings is 4. The van der Waals surface area contributed by atoms with Crippen molar-refractivity contribution in [2.45, 2.75) is 37.8 Å². The lowest BCUT2D eigenvalue weighted by Gasteiger charge is -2.37. The molecule has 2 aromatic heterocycles. The second kappa shape index (κ2) is 27.6. The molecule has 4 aromatic carbocycles. The van der Waals surface area contributed by atoms with Gasteiger partial charge in [-0.1, -0.05) is 60.7 Å². The molecule has 0 spiro atoms. The van der Waals surface area contributed by atoms with Crippen LogP contribution in [0.3, 0.4) is 0 Å². The Morgan fingerprint density at radius 1 is 0.677 bits per heavy atom. The van der Waals surface area contributed by atoms with E-state index in [1.54, 1.807) is 48.6 Å². The predicted molar refractivity (Wildman–Crippen MR) is 283 cm³/mol. The van der Waals surface area contributed by atoms with Crippen LogP contribution in [-0.2, 0) is 0 Å². The molecule has 4 heterocycles. The SMILES string of the molecule is Br.BrB(Br)Br.CN(C(=O)n1cnc(-c2cccc(O)c2)c1)C1CCN(c2ccccc2)CC1.COc1cccc(-c2cn(C(=O)N(C)C3CCN(c4ccccc4)CC3)cn2)c1.ClCCl. The monoisotopic (exact) mass is 1180 g/mol. The number of phenolic OH excluding ortho intramolecular Hbond substituents is 1. The molecule has 65 heavy (non-hydrogen) atoms. The third-order valence-corrected chi connectivity index (χ3v) is 11.0. The molecule has 0 radical (unpaired) electrons. The highest BCUT2D eigenvalue weighted by Gasteiger charge is 2.28. The largest absolute Gasteiger partial charge is 0.508 e. The standard InChI is InChI=1S/C23H26N4O2.C22H24N4O2.CH2Cl2.BBr3.BrH/c1-25(19-11-13-26(14-12-19)20-8-4-3-5-9-20)23(28)27-16-22(24-17-27)18-7-6-10-21(15-18)29-2;1-24(18-10-12-25(13-11-18)19-7-3-2-4-8-19)22(28)26-15-21(23-16-26)17-6-5-9-20(27)14-17;2-1-3;2-1(3)4;/h3-10,15-17,19H,11-14H2,1-2H3;2-9,14-16,18,27H,10-13H2,1H3;1H2;;1H. The van der Waals surface area contributed by atoms with Gasteiger partial charge in [-0.25, -0.2) is 19.6 Å². The average molecular weight is 1180 g/mol. The van der Waals surface area contributed by atoms with Crippen molar-refractivity contribution in [1.29, 1.82) is 0 Å². The maximum absolute atomic E-state index is 13.0. The van der Waals surface area contributed by atoms with Gasteiger partial charge in [0.05, 0.1) is 23.8 Å². The maximum atomic E-state index is 13.0. The van der Waals surface area contributed by atoms with E-state index in [2.05, 4.69) is 116 Å². The van der Waals surface area contributed by atoms with Crippen LogP contribution >= 0.6 is 87.5 Å². The number of piperidine rings is 2. The molecule has 2 aliphatic heterocycles. The highest BCUT2D eigenvalue weighted by atomic mass is 79.9. The van der Waals surface area contributed by atoms with Crippen LogP contribution in [0.5, 0.6) is 11.5 Å². The lowest BCUT2D eigenvalue weighted by atomic mass is 10.0. The number of rotatable bonds is 7. The Hall–Kier alpha value is -4.00. The number of carbonyl (C=O) groups excluding carboxylic acids is 2. The highest BCUT2D eigenvalue weighted by Crippen LogP contribution is 2.26. The number of halogens is 6. The molecular weight excluding hydrogens is 1130 g/mol. The predicted octanol–water partition coefficient (Wildman–Crippen LogP) is 12.1. The lowest BCUT2D eigenvalue weighted by molar-refractivity contribution is 0.181. The highest BCUT2D eigenvalue weighted by molar-refractivity contribution is 9.69. The molecule has 6 aromatic rings. The zero-order chi connectivity index (χ0) is 46.0. The van der Waals surface area contributed by atoms with Crippen LogP contribution in [0.2, 0.25) is 0 Å². The van der Waals surface area contributed by atoms with Crippen LogP contribution in [0.25, 0.3) is 22.5 Å². The van der Waals surface area contributed by atoms with Gasteiger partial charge in [-0.3, -0.25) is 9.13 Å². The van der Waals surface area contributed by atoms with E-state index in [9.17, 15) is 14.7 Å². The summed E-state index contributed by atoms with van der Waals surface area (Å²) in [6.45, 7) is 3.77. The molecule has 1 N–H and O–H groups in total. The van der Waals surface area contributed by atoms with E-state index in [0.717, 1.165) is 74.4 Å². The van der Waals surface area contributed by atoms with Crippen molar-refractivity contribution in [2.24, 2.45) is 0 Å². The fourth-order valence-electron chi connectivity index (χ4n) is 7.58. The molecule has 0 atom stereocenters. The Morgan fingerprint density at radius 3 is 1.45 bits per heavy atom. The van der Waals surface area contributed by atoms with E-state index < -0.39 is 0 Å². The van der Waals surface area contributed by atoms with Crippen LogP contribution in [0.15, 0.2) is 134 Å². The quantitative estimate of drug-likeness (QED) is 0.124. The third kappa shape index (κ3) is 16.1. The van der Waals surface area contributed by atoms with Crippen molar-refractivity contribution in [1.82, 2.24) is 28.9 Å². The molecule has 12 nitrogen and oxygen atoms in total. The maximum Gasteiger partial charge on any atom is 0.369 e. The molecule has 0 saturated carbocycles. The first-order chi connectivity index (χ1) is 30.9. The van der Waals surface area contributed by atoms with Gasteiger partial charge in [0.2, 0.25) is 0 Å². The topological polar surface area (TPSA) is 112 Å². The molecule has 346 valence electrons. The Labute approximate surface area is 427 Å². The summed E-state index contributed by atoms with van der Waals surface area (Å²) in [5, 5.41) is 9.83. The molecular formula is C46H53BBr4Cl2N8O4. The van der Waals surface area contributed by atoms with Gasteiger partial charge < -0.3 is 29.4 Å². The number of hydrogen-bond acceptors (Lipinski definition) is 8. The first kappa shape index (κ1) is 53.6. The van der Waals surface area contributed by atoms with Gasteiger partial charge in [0.15, 0.2) is 0 Å². The minimum absolute atomic E-state index is 0. The van der Waals surface area contributed by atoms with E-state index in [1.807, 2.05) is 66.4 Å². The Kier molecular flexibility index (Phi) is 22.8. The van der Waals surface area contributed by atoms with Gasteiger partial charge in [-0.2, -0.15) is 0 Å². The Bertz CT molecular complexity index is 2330. The number of carbonyl (C=O) groups is 2. The zero-order valence-electron chi connectivity index (χ0n) is 36.3. The summed E-state index contributed by atoms with van der Waals surface area (Å²) in [6, 6.07) is 35.7. The van der Waals surface area contributed by atoms with Crippen LogP contribution in [-0.4, -0.2) is 114 Å². The lowest BCUT2D eigenvalue weighted by Crippen LogP contribution is -2.46. The summed E-state index contributed by atoms with van der Waals surface area (Å²) in [5.41, 5.74) is 5.61. The molecule has 2 fully saturated rings. The van der Waals surface area contributed by atoms with Gasteiger partial charge in [-0.15, -0.1) is 87.5 Å². The van der Waals surface area contributed by atoms with Gasteiger partial charge in [0, 0.05) is 87.3 Å². The summed E-state index contributed by atoms with van der Waals surface area (Å²) in [6.07, 6.45) is 10.4. The number of alkyl halides is 2. The Morgan fingerprint density at radius 2 is 1.06 bits per heavy atom. The molecule has 2 saturated heterocycles. The number of nitrogens with zero attached hydrogens (tertiary/aromatic N) is 8. The van der Waals surface area contributed by atoms with Crippen molar-refractivity contribution in [3.8, 4) is 34.0 Å². The molecule has 2 amide bonds. The van der Waals surface area contributed by atoms with Gasteiger partial charge in [-0.05, 0) is 74.2 Å². The summed E-state index contributed by atoms with van der Waals surface area (Å²) in [4.78, 5) is 43.0. The van der Waals surface area contributed by atoms with Crippen LogP contribution in [0.4, 0.5) is 21.0 Å². The van der Waals surface area contributed by atoms with Crippen molar-refractivity contribution in [2.75, 3.05) is 62.5 Å². The number of aromatic hydroxyl groups is 1. The van der Waals surface area contributed by atoms with Crippen LogP contribution in [0.1, 0.15) is 25.7 Å². The van der Waals surface area contributed by atoms with E-state index in [0.29, 0.717) is 5.69 Å². The molecule has 8 rings (SSSR count). The summed E-state index contributed by atoms with van der Waals surface area (Å²) in [7, 11) is 5.38. The molecule has 0 bridgehead atoms. The second-order valence-electron chi connectivity index (χ2n) is 14.9. The average Bonchev–Trinajstić information content (AvgIpc) is 4.04. The molecule has 0 aliphatic carbocycles. The number of amides is 2. The number of aromatic nitrogens is 4. The normalized spacial score (nSPS) is 13.6. The fraction of sp³-hybridized carbons (Fsp3) is 0.304. The number of phenols is 1. The molecule has 0 unspecified atom stereocenters. The van der Waals surface area contributed by atoms with Crippen molar-refractivity contribution < 1.29 is 19.4 Å². The van der Waals surface area contributed by atoms with E-state index >= 15 is 0 Å². The summed E-state index contributed by atoms with van der Waals surface area (Å²) in [5.74, 6) is 0.950. The van der Waals surface area contributed by atoms with E-state index in [1.165, 1.54) is 22.3 Å². The van der Waals surface area contributed by atoms with Crippen molar-refractivity contribution in [3.63, 3.8) is 0 Å². The number of imidazole rings is 2. The Balaban J connectivity index is 0.000000246. The van der Waals surface area contributed by atoms with Crippen LogP contribution in [0, 0.1) is 0 Å². The van der Waals surface area contributed by atoms with Crippen LogP contribution < -0.4 is 14.5 Å². The zero-order valence-corrected chi connectivity index (χ0v) is 44.3. The molecule has 2 aliphatic rings. The number of methoxy groups -OCH3 is 1. The third-order valence-electron chi connectivity index (χ3n) is 11.0. The first-order valence-corrected chi connectivity index (χ1v) is 24.4. The summed E-state index contributed by atoms with van der Waals surface area (Å²) >= 11 is 18.8. The second-order valence-corrected chi connectivity index (χ2v) is 22.1. The van der Waals surface area contributed by atoms with Gasteiger partial charge in [0.25, 0.3) is 0 Å². The van der Waals surface area contributed by atoms with E-state index in [4.69, 9.17) is 27.9 Å². The van der Waals surface area contributed by atoms with Crippen molar-refractivity contribution >= 4 is 114 Å².